The fraction of sp³-hybridized carbons (Fsp3) is 0.118. The third kappa shape index (κ3) is 4.61. The zero-order valence-electron chi connectivity index (χ0n) is 13.6. The molecule has 0 aliphatic rings. The van der Waals surface area contributed by atoms with Crippen LogP contribution in [0.5, 0.6) is 0 Å². The molecule has 142 valence electrons. The Morgan fingerprint density at radius 1 is 1.11 bits per heavy atom. The molecule has 1 N–H and O–H groups in total. The maximum Gasteiger partial charge on any atom is 0.416 e. The number of halogens is 4. The maximum atomic E-state index is 12.8. The highest BCUT2D eigenvalue weighted by atomic mass is 35.5. The van der Waals surface area contributed by atoms with Crippen molar-refractivity contribution in [3.63, 3.8) is 0 Å². The molecule has 5 nitrogen and oxygen atoms in total. The predicted octanol–water partition coefficient (Wildman–Crippen LogP) is 4.40. The van der Waals surface area contributed by atoms with Crippen molar-refractivity contribution < 1.29 is 21.6 Å². The fourth-order valence-electron chi connectivity index (χ4n) is 2.35. The van der Waals surface area contributed by atoms with Gasteiger partial charge in [0, 0.05) is 18.1 Å². The van der Waals surface area contributed by atoms with E-state index >= 15 is 0 Å². The Hall–Kier alpha value is -2.52. The lowest BCUT2D eigenvalue weighted by atomic mass is 10.2. The summed E-state index contributed by atoms with van der Waals surface area (Å²) in [5, 5.41) is 3.77. The van der Waals surface area contributed by atoms with E-state index in [2.05, 4.69) is 9.82 Å². The van der Waals surface area contributed by atoms with Crippen LogP contribution in [-0.2, 0) is 22.7 Å². The van der Waals surface area contributed by atoms with Crippen molar-refractivity contribution in [1.82, 2.24) is 9.78 Å². The van der Waals surface area contributed by atoms with Crippen LogP contribution < -0.4 is 4.72 Å². The molecule has 0 radical (unpaired) electrons. The summed E-state index contributed by atoms with van der Waals surface area (Å²) in [6.45, 7) is 0.499. The molecule has 27 heavy (non-hydrogen) atoms. The molecule has 0 atom stereocenters. The predicted molar refractivity (Wildman–Crippen MR) is 95.0 cm³/mol. The van der Waals surface area contributed by atoms with E-state index in [1.807, 2.05) is 0 Å². The number of hydrogen-bond donors (Lipinski definition) is 1. The van der Waals surface area contributed by atoms with Gasteiger partial charge in [-0.2, -0.15) is 18.3 Å². The minimum Gasteiger partial charge on any atom is -0.280 e. The molecule has 0 fully saturated rings. The number of nitrogens with one attached hydrogen (secondary N) is 1. The van der Waals surface area contributed by atoms with Gasteiger partial charge in [-0.1, -0.05) is 23.7 Å². The van der Waals surface area contributed by atoms with Crippen molar-refractivity contribution in [2.24, 2.45) is 0 Å². The molecule has 0 bridgehead atoms. The second-order valence-electron chi connectivity index (χ2n) is 5.65. The maximum absolute atomic E-state index is 12.8. The van der Waals surface area contributed by atoms with E-state index in [1.165, 1.54) is 12.1 Å². The van der Waals surface area contributed by atoms with Crippen molar-refractivity contribution in [2.75, 3.05) is 4.72 Å². The van der Waals surface area contributed by atoms with Crippen LogP contribution in [0.15, 0.2) is 65.8 Å². The number of sulfonamides is 1. The van der Waals surface area contributed by atoms with Gasteiger partial charge in [0.2, 0.25) is 0 Å². The molecular formula is C17H13ClF3N3O2S. The minimum atomic E-state index is -4.68. The molecule has 0 unspecified atom stereocenters. The van der Waals surface area contributed by atoms with Crippen molar-refractivity contribution >= 4 is 27.3 Å². The third-order valence-electron chi connectivity index (χ3n) is 3.66. The van der Waals surface area contributed by atoms with Crippen LogP contribution in [0.4, 0.5) is 18.9 Å². The van der Waals surface area contributed by atoms with E-state index in [9.17, 15) is 21.6 Å². The van der Waals surface area contributed by atoms with Crippen molar-refractivity contribution in [1.29, 1.82) is 0 Å². The number of benzene rings is 2. The number of anilines is 1. The highest BCUT2D eigenvalue weighted by Crippen LogP contribution is 2.34. The SMILES string of the molecule is O=S(=O)(Nc1ccc(Cn2cccn2)cc1)c1cc(C(F)(F)F)ccc1Cl. The zero-order chi connectivity index (χ0) is 19.7. The molecule has 1 heterocycles. The Bertz CT molecular complexity index is 1030. The van der Waals surface area contributed by atoms with Gasteiger partial charge < -0.3 is 0 Å². The smallest absolute Gasteiger partial charge is 0.280 e. The van der Waals surface area contributed by atoms with Gasteiger partial charge in [-0.05, 0) is 42.0 Å². The Morgan fingerprint density at radius 2 is 1.81 bits per heavy atom. The lowest BCUT2D eigenvalue weighted by Crippen LogP contribution is -2.15. The van der Waals surface area contributed by atoms with Gasteiger partial charge in [-0.25, -0.2) is 8.42 Å². The van der Waals surface area contributed by atoms with Gasteiger partial charge in [-0.3, -0.25) is 9.40 Å². The van der Waals surface area contributed by atoms with Gasteiger partial charge >= 0.3 is 6.18 Å². The largest absolute Gasteiger partial charge is 0.416 e. The topological polar surface area (TPSA) is 64.0 Å². The molecule has 0 saturated heterocycles. The number of nitrogens with zero attached hydrogens (tertiary/aromatic N) is 2. The average molecular weight is 416 g/mol. The molecule has 3 rings (SSSR count). The Kier molecular flexibility index (Phi) is 5.16. The van der Waals surface area contributed by atoms with Gasteiger partial charge in [-0.15, -0.1) is 0 Å². The third-order valence-corrected chi connectivity index (χ3v) is 5.52. The van der Waals surface area contributed by atoms with Crippen molar-refractivity contribution in [2.45, 2.75) is 17.6 Å². The number of aromatic nitrogens is 2. The van der Waals surface area contributed by atoms with Crippen LogP contribution >= 0.6 is 11.6 Å². The van der Waals surface area contributed by atoms with Crippen LogP contribution in [-0.4, -0.2) is 18.2 Å². The van der Waals surface area contributed by atoms with Crippen LogP contribution in [0.25, 0.3) is 0 Å². The van der Waals surface area contributed by atoms with E-state index in [0.29, 0.717) is 12.6 Å². The molecule has 0 amide bonds. The fourth-order valence-corrected chi connectivity index (χ4v) is 3.94. The highest BCUT2D eigenvalue weighted by molar-refractivity contribution is 7.92. The normalized spacial score (nSPS) is 12.1. The summed E-state index contributed by atoms with van der Waals surface area (Å²) in [6.07, 6.45) is -1.25. The van der Waals surface area contributed by atoms with Crippen LogP contribution in [0.2, 0.25) is 5.02 Å². The average Bonchev–Trinajstić information content (AvgIpc) is 3.08. The Balaban J connectivity index is 1.82. The summed E-state index contributed by atoms with van der Waals surface area (Å²) in [5.74, 6) is 0. The van der Waals surface area contributed by atoms with Gasteiger partial charge in [0.15, 0.2) is 0 Å². The molecule has 3 aromatic rings. The zero-order valence-corrected chi connectivity index (χ0v) is 15.2. The monoisotopic (exact) mass is 415 g/mol. The quantitative estimate of drug-likeness (QED) is 0.671. The lowest BCUT2D eigenvalue weighted by Gasteiger charge is -2.13. The standard InChI is InChI=1S/C17H13ClF3N3O2S/c18-15-7-4-13(17(19,20)21)10-16(15)27(25,26)23-14-5-2-12(3-6-14)11-24-9-1-8-22-24/h1-10,23H,11H2. The summed E-state index contributed by atoms with van der Waals surface area (Å²) >= 11 is 5.81. The van der Waals surface area contributed by atoms with Crippen molar-refractivity contribution in [3.8, 4) is 0 Å². The highest BCUT2D eigenvalue weighted by Gasteiger charge is 2.32. The number of hydrogen-bond acceptors (Lipinski definition) is 3. The summed E-state index contributed by atoms with van der Waals surface area (Å²) in [7, 11) is -4.29. The number of alkyl halides is 3. The van der Waals surface area contributed by atoms with Gasteiger partial charge in [0.1, 0.15) is 4.90 Å². The second-order valence-corrected chi connectivity index (χ2v) is 7.71. The minimum absolute atomic E-state index is 0.202. The first-order chi connectivity index (χ1) is 12.6. The summed E-state index contributed by atoms with van der Waals surface area (Å²) in [6, 6.07) is 10.3. The molecule has 0 saturated carbocycles. The summed E-state index contributed by atoms with van der Waals surface area (Å²) in [5.41, 5.74) is -0.0201. The first kappa shape index (κ1) is 19.2. The molecular weight excluding hydrogens is 403 g/mol. The molecule has 0 spiro atoms. The molecule has 2 aromatic carbocycles. The van der Waals surface area contributed by atoms with Gasteiger partial charge in [0.25, 0.3) is 10.0 Å². The molecule has 10 heteroatoms. The Morgan fingerprint density at radius 3 is 2.41 bits per heavy atom. The lowest BCUT2D eigenvalue weighted by molar-refractivity contribution is -0.137. The van der Waals surface area contributed by atoms with E-state index in [-0.39, 0.29) is 10.7 Å². The van der Waals surface area contributed by atoms with Crippen LogP contribution in [0.1, 0.15) is 11.1 Å². The summed E-state index contributed by atoms with van der Waals surface area (Å²) < 4.78 is 67.4. The Labute approximate surface area is 158 Å². The molecule has 0 aliphatic heterocycles. The van der Waals surface area contributed by atoms with Crippen molar-refractivity contribution in [3.05, 3.63) is 77.1 Å². The van der Waals surface area contributed by atoms with Crippen LogP contribution in [0.3, 0.4) is 0 Å². The first-order valence-corrected chi connectivity index (χ1v) is 9.47. The van der Waals surface area contributed by atoms with E-state index < -0.39 is 26.7 Å². The second kappa shape index (κ2) is 7.24. The van der Waals surface area contributed by atoms with Gasteiger partial charge in [0.05, 0.1) is 17.1 Å². The number of rotatable bonds is 5. The van der Waals surface area contributed by atoms with E-state index in [0.717, 1.165) is 17.7 Å². The van der Waals surface area contributed by atoms with E-state index in [1.54, 1.807) is 35.3 Å². The summed E-state index contributed by atoms with van der Waals surface area (Å²) in [4.78, 5) is -0.639. The van der Waals surface area contributed by atoms with Crippen LogP contribution in [0, 0.1) is 0 Å². The first-order valence-electron chi connectivity index (χ1n) is 7.61. The molecule has 0 aliphatic carbocycles. The molecule has 1 aromatic heterocycles. The van der Waals surface area contributed by atoms with E-state index in [4.69, 9.17) is 11.6 Å².